The van der Waals surface area contributed by atoms with Crippen molar-refractivity contribution in [3.63, 3.8) is 0 Å². The summed E-state index contributed by atoms with van der Waals surface area (Å²) < 4.78 is 31.8. The van der Waals surface area contributed by atoms with E-state index in [4.69, 9.17) is 10.00 Å². The van der Waals surface area contributed by atoms with Crippen LogP contribution in [0.25, 0.3) is 0 Å². The van der Waals surface area contributed by atoms with Crippen LogP contribution in [0.4, 0.5) is 0 Å². The van der Waals surface area contributed by atoms with Crippen LogP contribution < -0.4 is 10.1 Å². The molecule has 0 aliphatic carbocycles. The van der Waals surface area contributed by atoms with E-state index in [1.165, 1.54) is 29.6 Å². The van der Waals surface area contributed by atoms with Gasteiger partial charge in [-0.1, -0.05) is 0 Å². The van der Waals surface area contributed by atoms with Crippen molar-refractivity contribution in [2.75, 3.05) is 27.2 Å². The predicted molar refractivity (Wildman–Crippen MR) is 73.9 cm³/mol. The summed E-state index contributed by atoms with van der Waals surface area (Å²) in [7, 11) is -0.369. The Morgan fingerprint density at radius 1 is 1.50 bits per heavy atom. The largest absolute Gasteiger partial charge is 0.495 e. The number of nitrogens with zero attached hydrogens (tertiary/aromatic N) is 2. The molecule has 20 heavy (non-hydrogen) atoms. The molecule has 1 heterocycles. The zero-order chi connectivity index (χ0) is 14.8. The number of rotatable bonds is 4. The van der Waals surface area contributed by atoms with Crippen LogP contribution in [0.1, 0.15) is 12.0 Å². The third kappa shape index (κ3) is 2.63. The smallest absolute Gasteiger partial charge is 0.246 e. The lowest BCUT2D eigenvalue weighted by Crippen LogP contribution is -2.33. The van der Waals surface area contributed by atoms with Crippen LogP contribution in [-0.4, -0.2) is 46.0 Å². The van der Waals surface area contributed by atoms with E-state index in [0.717, 1.165) is 6.42 Å². The Kier molecular flexibility index (Phi) is 4.28. The minimum atomic E-state index is -3.59. The van der Waals surface area contributed by atoms with Gasteiger partial charge in [-0.15, -0.1) is 0 Å². The number of methoxy groups -OCH3 is 1. The molecule has 0 aromatic heterocycles. The van der Waals surface area contributed by atoms with Crippen LogP contribution in [0.2, 0.25) is 0 Å². The second kappa shape index (κ2) is 5.79. The van der Waals surface area contributed by atoms with Crippen molar-refractivity contribution in [2.24, 2.45) is 0 Å². The van der Waals surface area contributed by atoms with Crippen molar-refractivity contribution in [3.05, 3.63) is 23.8 Å². The molecule has 0 bridgehead atoms. The summed E-state index contributed by atoms with van der Waals surface area (Å²) in [4.78, 5) is 0.107. The molecule has 1 aromatic carbocycles. The maximum Gasteiger partial charge on any atom is 0.246 e. The second-order valence-corrected chi connectivity index (χ2v) is 6.52. The maximum absolute atomic E-state index is 12.6. The average Bonchev–Trinajstić information content (AvgIpc) is 2.96. The summed E-state index contributed by atoms with van der Waals surface area (Å²) in [6, 6.07) is 6.50. The molecule has 1 aliphatic rings. The normalized spacial score (nSPS) is 19.8. The van der Waals surface area contributed by atoms with E-state index in [1.807, 2.05) is 13.1 Å². The van der Waals surface area contributed by atoms with Crippen molar-refractivity contribution >= 4 is 10.0 Å². The first-order valence-electron chi connectivity index (χ1n) is 6.28. The number of benzene rings is 1. The van der Waals surface area contributed by atoms with Gasteiger partial charge in [-0.05, 0) is 31.7 Å². The van der Waals surface area contributed by atoms with Gasteiger partial charge in [-0.2, -0.15) is 9.57 Å². The molecule has 0 amide bonds. The van der Waals surface area contributed by atoms with Gasteiger partial charge in [0.05, 0.1) is 18.7 Å². The summed E-state index contributed by atoms with van der Waals surface area (Å²) >= 11 is 0. The lowest BCUT2D eigenvalue weighted by Gasteiger charge is -2.18. The van der Waals surface area contributed by atoms with Crippen molar-refractivity contribution in [3.8, 4) is 11.8 Å². The van der Waals surface area contributed by atoms with Gasteiger partial charge in [-0.25, -0.2) is 8.42 Å². The summed E-state index contributed by atoms with van der Waals surface area (Å²) in [6.45, 7) is 0.930. The van der Waals surface area contributed by atoms with E-state index >= 15 is 0 Å². The fraction of sp³-hybridized carbons (Fsp3) is 0.462. The van der Waals surface area contributed by atoms with E-state index in [2.05, 4.69) is 5.32 Å². The monoisotopic (exact) mass is 295 g/mol. The minimum absolute atomic E-state index is 0.107. The quantitative estimate of drug-likeness (QED) is 0.877. The highest BCUT2D eigenvalue weighted by Gasteiger charge is 2.33. The van der Waals surface area contributed by atoms with Crippen LogP contribution in [0.15, 0.2) is 23.1 Å². The van der Waals surface area contributed by atoms with Crippen molar-refractivity contribution in [1.29, 1.82) is 5.26 Å². The van der Waals surface area contributed by atoms with Crippen molar-refractivity contribution in [2.45, 2.75) is 17.4 Å². The van der Waals surface area contributed by atoms with Gasteiger partial charge in [0.25, 0.3) is 0 Å². The van der Waals surface area contributed by atoms with Gasteiger partial charge < -0.3 is 10.1 Å². The molecule has 1 atom stereocenters. The number of ether oxygens (including phenoxy) is 1. The van der Waals surface area contributed by atoms with Crippen molar-refractivity contribution in [1.82, 2.24) is 9.62 Å². The molecule has 2 rings (SSSR count). The van der Waals surface area contributed by atoms with Gasteiger partial charge in [0, 0.05) is 19.1 Å². The highest BCUT2D eigenvalue weighted by atomic mass is 32.2. The molecule has 7 heteroatoms. The number of hydrogen-bond acceptors (Lipinski definition) is 5. The Balaban J connectivity index is 2.38. The first kappa shape index (κ1) is 14.8. The number of likely N-dealkylation sites (N-methyl/N-ethyl adjacent to an activating group) is 1. The fourth-order valence-corrected chi connectivity index (χ4v) is 3.91. The molecular formula is C13H17N3O3S. The second-order valence-electron chi connectivity index (χ2n) is 4.61. The molecule has 1 aliphatic heterocycles. The van der Waals surface area contributed by atoms with Crippen LogP contribution >= 0.6 is 0 Å². The summed E-state index contributed by atoms with van der Waals surface area (Å²) in [6.07, 6.45) is 0.786. The number of hydrogen-bond donors (Lipinski definition) is 1. The van der Waals surface area contributed by atoms with Gasteiger partial charge in [0.2, 0.25) is 10.0 Å². The highest BCUT2D eigenvalue weighted by molar-refractivity contribution is 7.89. The molecule has 1 unspecified atom stereocenters. The molecule has 0 saturated carbocycles. The molecule has 1 N–H and O–H groups in total. The first-order valence-corrected chi connectivity index (χ1v) is 7.72. The van der Waals surface area contributed by atoms with Crippen LogP contribution in [-0.2, 0) is 10.0 Å². The van der Waals surface area contributed by atoms with E-state index in [-0.39, 0.29) is 16.7 Å². The fourth-order valence-electron chi connectivity index (χ4n) is 2.27. The molecule has 1 saturated heterocycles. The molecule has 6 nitrogen and oxygen atoms in total. The zero-order valence-corrected chi connectivity index (χ0v) is 12.3. The standard InChI is InChI=1S/C13H17N3O3S/c1-15-11-5-6-16(9-11)20(17,18)13-4-3-10(8-14)7-12(13)19-2/h3-4,7,11,15H,5-6,9H2,1-2H3. The predicted octanol–water partition coefficient (Wildman–Crippen LogP) is 0.549. The first-order chi connectivity index (χ1) is 9.52. The Bertz CT molecular complexity index is 637. The van der Waals surface area contributed by atoms with Gasteiger partial charge in [-0.3, -0.25) is 0 Å². The third-order valence-electron chi connectivity index (χ3n) is 3.47. The van der Waals surface area contributed by atoms with Gasteiger partial charge in [0.15, 0.2) is 0 Å². The number of sulfonamides is 1. The average molecular weight is 295 g/mol. The summed E-state index contributed by atoms with van der Waals surface area (Å²) in [5.41, 5.74) is 0.371. The molecule has 1 aromatic rings. The summed E-state index contributed by atoms with van der Waals surface area (Å²) in [5, 5.41) is 11.9. The zero-order valence-electron chi connectivity index (χ0n) is 11.5. The molecule has 0 spiro atoms. The van der Waals surface area contributed by atoms with E-state index < -0.39 is 10.0 Å². The minimum Gasteiger partial charge on any atom is -0.495 e. The molecular weight excluding hydrogens is 278 g/mol. The maximum atomic E-state index is 12.6. The SMILES string of the molecule is CNC1CCN(S(=O)(=O)c2ccc(C#N)cc2OC)C1. The molecule has 0 radical (unpaired) electrons. The van der Waals surface area contributed by atoms with Crippen LogP contribution in [0, 0.1) is 11.3 Å². The highest BCUT2D eigenvalue weighted by Crippen LogP contribution is 2.29. The van der Waals surface area contributed by atoms with Crippen molar-refractivity contribution < 1.29 is 13.2 Å². The lowest BCUT2D eigenvalue weighted by molar-refractivity contribution is 0.397. The van der Waals surface area contributed by atoms with E-state index in [1.54, 1.807) is 0 Å². The van der Waals surface area contributed by atoms with Crippen LogP contribution in [0.5, 0.6) is 5.75 Å². The molecule has 1 fully saturated rings. The van der Waals surface area contributed by atoms with Crippen LogP contribution in [0.3, 0.4) is 0 Å². The summed E-state index contributed by atoms with van der Waals surface area (Å²) in [5.74, 6) is 0.206. The van der Waals surface area contributed by atoms with Gasteiger partial charge in [0.1, 0.15) is 10.6 Å². The van der Waals surface area contributed by atoms with E-state index in [0.29, 0.717) is 18.7 Å². The third-order valence-corrected chi connectivity index (χ3v) is 5.37. The number of nitrogens with one attached hydrogen (secondary N) is 1. The topological polar surface area (TPSA) is 82.4 Å². The van der Waals surface area contributed by atoms with E-state index in [9.17, 15) is 8.42 Å². The molecule has 108 valence electrons. The Labute approximate surface area is 119 Å². The Hall–Kier alpha value is -1.62. The Morgan fingerprint density at radius 2 is 2.25 bits per heavy atom. The Morgan fingerprint density at radius 3 is 2.80 bits per heavy atom. The number of nitriles is 1. The lowest BCUT2D eigenvalue weighted by atomic mass is 10.2. The van der Waals surface area contributed by atoms with Gasteiger partial charge >= 0.3 is 0 Å².